The predicted molar refractivity (Wildman–Crippen MR) is 51.7 cm³/mol. The molecular weight excluding hydrogens is 180 g/mol. The van der Waals surface area contributed by atoms with Crippen molar-refractivity contribution in [2.75, 3.05) is 0 Å². The normalized spacial score (nSPS) is 9.14. The Morgan fingerprint density at radius 2 is 1.71 bits per heavy atom. The van der Waals surface area contributed by atoms with Crippen molar-refractivity contribution in [3.05, 3.63) is 35.9 Å². The van der Waals surface area contributed by atoms with Gasteiger partial charge in [0.1, 0.15) is 5.71 Å². The third-order valence-electron chi connectivity index (χ3n) is 1.63. The van der Waals surface area contributed by atoms with Crippen LogP contribution in [0.4, 0.5) is 0 Å². The van der Waals surface area contributed by atoms with Gasteiger partial charge in [0.05, 0.1) is 5.71 Å². The minimum Gasteiger partial charge on any atom is -0.298 e. The lowest BCUT2D eigenvalue weighted by Crippen LogP contribution is -2.23. The molecule has 0 aliphatic carbocycles. The fourth-order valence-corrected chi connectivity index (χ4v) is 0.914. The summed E-state index contributed by atoms with van der Waals surface area (Å²) in [5.74, 6) is -1.10. The summed E-state index contributed by atoms with van der Waals surface area (Å²) in [5.41, 5.74) is -0.466. The summed E-state index contributed by atoms with van der Waals surface area (Å²) >= 11 is 0. The van der Waals surface area contributed by atoms with Crippen molar-refractivity contribution in [2.45, 2.75) is 0 Å². The number of hydrogen-bond acceptors (Lipinski definition) is 4. The van der Waals surface area contributed by atoms with E-state index in [0.717, 1.165) is 6.29 Å². The van der Waals surface area contributed by atoms with Gasteiger partial charge in [0, 0.05) is 5.56 Å². The molecule has 0 spiro atoms. The van der Waals surface area contributed by atoms with Crippen LogP contribution in [0.1, 0.15) is 5.56 Å². The predicted octanol–water partition coefficient (Wildman–Crippen LogP) is 0.753. The number of ketones is 1. The van der Waals surface area contributed by atoms with E-state index < -0.39 is 11.5 Å². The molecule has 0 atom stereocenters. The minimum atomic E-state index is -1.10. The molecule has 69 valence electrons. The summed E-state index contributed by atoms with van der Waals surface area (Å²) in [6, 6.07) is 8.32. The number of Topliss-reactive ketones (excluding diaryl/α,β-unsaturated/α-hetero) is 1. The molecular formula is C10H7N2O2. The Bertz CT molecular complexity index is 396. The Morgan fingerprint density at radius 1 is 1.14 bits per heavy atom. The zero-order chi connectivity index (χ0) is 10.6. The lowest BCUT2D eigenvalue weighted by molar-refractivity contribution is -0.107. The van der Waals surface area contributed by atoms with Crippen LogP contribution in [0.15, 0.2) is 30.3 Å². The highest BCUT2D eigenvalue weighted by molar-refractivity contribution is 6.78. The Balaban J connectivity index is 2.92. The zero-order valence-electron chi connectivity index (χ0n) is 7.20. The first kappa shape index (κ1) is 9.98. The molecule has 0 amide bonds. The van der Waals surface area contributed by atoms with Crippen LogP contribution in [-0.4, -0.2) is 23.5 Å². The van der Waals surface area contributed by atoms with E-state index in [2.05, 4.69) is 0 Å². The molecule has 1 rings (SSSR count). The van der Waals surface area contributed by atoms with Gasteiger partial charge in [0.25, 0.3) is 12.1 Å². The standard InChI is InChI=1S/C10H7N2O2/c11-9(10(12)8(14)6-13)7-4-2-1-3-5-7/h1-5,11-12H. The second-order valence-corrected chi connectivity index (χ2v) is 2.55. The number of rotatable bonds is 4. The molecule has 0 aliphatic heterocycles. The molecule has 1 aromatic rings. The van der Waals surface area contributed by atoms with E-state index in [1.54, 1.807) is 30.3 Å². The van der Waals surface area contributed by atoms with Crippen molar-refractivity contribution in [2.24, 2.45) is 0 Å². The lowest BCUT2D eigenvalue weighted by atomic mass is 10.0. The average molecular weight is 187 g/mol. The SMILES string of the molecule is N=C(C(=N)c1ccccc1)C(=O)[C]=O. The highest BCUT2D eigenvalue weighted by Gasteiger charge is 2.15. The van der Waals surface area contributed by atoms with E-state index in [0.29, 0.717) is 5.56 Å². The first-order chi connectivity index (χ1) is 6.66. The number of benzene rings is 1. The maximum Gasteiger partial charge on any atom is 0.279 e. The van der Waals surface area contributed by atoms with Crippen LogP contribution in [0, 0.1) is 10.8 Å². The molecule has 1 radical (unpaired) electrons. The fraction of sp³-hybridized carbons (Fsp3) is 0. The molecule has 0 aromatic heterocycles. The van der Waals surface area contributed by atoms with Crippen molar-refractivity contribution >= 4 is 23.5 Å². The number of carbonyl (C=O) groups is 1. The molecule has 4 heteroatoms. The van der Waals surface area contributed by atoms with Crippen molar-refractivity contribution in [1.82, 2.24) is 0 Å². The van der Waals surface area contributed by atoms with E-state index in [-0.39, 0.29) is 5.71 Å². The van der Waals surface area contributed by atoms with E-state index in [9.17, 15) is 9.59 Å². The van der Waals surface area contributed by atoms with Gasteiger partial charge in [-0.05, 0) is 0 Å². The molecule has 0 saturated heterocycles. The molecule has 1 aromatic carbocycles. The van der Waals surface area contributed by atoms with E-state index in [1.807, 2.05) is 0 Å². The summed E-state index contributed by atoms with van der Waals surface area (Å²) in [5, 5.41) is 14.6. The number of carbonyl (C=O) groups excluding carboxylic acids is 2. The van der Waals surface area contributed by atoms with Crippen molar-refractivity contribution < 1.29 is 9.59 Å². The van der Waals surface area contributed by atoms with Crippen molar-refractivity contribution in [3.63, 3.8) is 0 Å². The minimum absolute atomic E-state index is 0.265. The van der Waals surface area contributed by atoms with Crippen molar-refractivity contribution in [3.8, 4) is 0 Å². The van der Waals surface area contributed by atoms with Crippen LogP contribution < -0.4 is 0 Å². The van der Waals surface area contributed by atoms with E-state index in [4.69, 9.17) is 10.8 Å². The van der Waals surface area contributed by atoms with Crippen LogP contribution in [-0.2, 0) is 9.59 Å². The highest BCUT2D eigenvalue weighted by atomic mass is 16.2. The molecule has 0 heterocycles. The molecule has 0 fully saturated rings. The molecule has 14 heavy (non-hydrogen) atoms. The third kappa shape index (κ3) is 1.98. The third-order valence-corrected chi connectivity index (χ3v) is 1.63. The number of hydrogen-bond donors (Lipinski definition) is 2. The average Bonchev–Trinajstić information content (AvgIpc) is 2.27. The first-order valence-corrected chi connectivity index (χ1v) is 3.82. The van der Waals surface area contributed by atoms with Gasteiger partial charge < -0.3 is 0 Å². The lowest BCUT2D eigenvalue weighted by Gasteiger charge is -2.00. The summed E-state index contributed by atoms with van der Waals surface area (Å²) in [7, 11) is 0. The molecule has 0 aliphatic rings. The smallest absolute Gasteiger partial charge is 0.279 e. The summed E-state index contributed by atoms with van der Waals surface area (Å²) in [4.78, 5) is 20.7. The van der Waals surface area contributed by atoms with E-state index >= 15 is 0 Å². The molecule has 0 bridgehead atoms. The Hall–Kier alpha value is -2.10. The van der Waals surface area contributed by atoms with Gasteiger partial charge in [-0.2, -0.15) is 0 Å². The van der Waals surface area contributed by atoms with Crippen molar-refractivity contribution in [1.29, 1.82) is 10.8 Å². The van der Waals surface area contributed by atoms with Gasteiger partial charge in [-0.3, -0.25) is 20.4 Å². The van der Waals surface area contributed by atoms with Gasteiger partial charge in [0.2, 0.25) is 0 Å². The summed E-state index contributed by atoms with van der Waals surface area (Å²) < 4.78 is 0. The zero-order valence-corrected chi connectivity index (χ0v) is 7.20. The quantitative estimate of drug-likeness (QED) is 0.538. The maximum absolute atomic E-state index is 10.7. The van der Waals surface area contributed by atoms with Crippen LogP contribution in [0.25, 0.3) is 0 Å². The molecule has 4 nitrogen and oxygen atoms in total. The largest absolute Gasteiger partial charge is 0.298 e. The van der Waals surface area contributed by atoms with E-state index in [1.165, 1.54) is 0 Å². The molecule has 0 unspecified atom stereocenters. The Kier molecular flexibility index (Phi) is 3.01. The monoisotopic (exact) mass is 187 g/mol. The second kappa shape index (κ2) is 4.23. The van der Waals surface area contributed by atoms with Crippen LogP contribution >= 0.6 is 0 Å². The van der Waals surface area contributed by atoms with Crippen LogP contribution in [0.5, 0.6) is 0 Å². The van der Waals surface area contributed by atoms with Gasteiger partial charge >= 0.3 is 0 Å². The fourth-order valence-electron chi connectivity index (χ4n) is 0.914. The maximum atomic E-state index is 10.7. The first-order valence-electron chi connectivity index (χ1n) is 3.82. The topological polar surface area (TPSA) is 81.8 Å². The van der Waals surface area contributed by atoms with Crippen LogP contribution in [0.3, 0.4) is 0 Å². The molecule has 2 N–H and O–H groups in total. The Morgan fingerprint density at radius 3 is 2.21 bits per heavy atom. The Labute approximate surface area is 80.6 Å². The van der Waals surface area contributed by atoms with Gasteiger partial charge in [0.15, 0.2) is 0 Å². The van der Waals surface area contributed by atoms with Gasteiger partial charge in [-0.25, -0.2) is 0 Å². The van der Waals surface area contributed by atoms with Gasteiger partial charge in [-0.1, -0.05) is 30.3 Å². The number of nitrogens with one attached hydrogen (secondary N) is 2. The van der Waals surface area contributed by atoms with Gasteiger partial charge in [-0.15, -0.1) is 0 Å². The van der Waals surface area contributed by atoms with Crippen LogP contribution in [0.2, 0.25) is 0 Å². The highest BCUT2D eigenvalue weighted by Crippen LogP contribution is 2.00. The second-order valence-electron chi connectivity index (χ2n) is 2.55. The summed E-state index contributed by atoms with van der Waals surface area (Å²) in [6.45, 7) is 0. The summed E-state index contributed by atoms with van der Waals surface area (Å²) in [6.07, 6.45) is 1.06. The molecule has 0 saturated carbocycles.